The van der Waals surface area contributed by atoms with Crippen LogP contribution in [0.25, 0.3) is 5.52 Å². The van der Waals surface area contributed by atoms with Crippen molar-refractivity contribution in [3.05, 3.63) is 60.0 Å². The zero-order valence-corrected chi connectivity index (χ0v) is 15.1. The molecule has 4 rings (SSSR count). The number of hydrogen-bond donors (Lipinski definition) is 1. The van der Waals surface area contributed by atoms with E-state index in [0.717, 1.165) is 23.2 Å². The Balaban J connectivity index is 1.64. The summed E-state index contributed by atoms with van der Waals surface area (Å²) in [6.07, 6.45) is 2.35. The van der Waals surface area contributed by atoms with Crippen LogP contribution in [0.2, 0.25) is 0 Å². The predicted molar refractivity (Wildman–Crippen MR) is 99.5 cm³/mol. The minimum absolute atomic E-state index is 0.0468. The lowest BCUT2D eigenvalue weighted by Crippen LogP contribution is -2.26. The van der Waals surface area contributed by atoms with E-state index in [9.17, 15) is 0 Å². The monoisotopic (exact) mass is 352 g/mol. The van der Waals surface area contributed by atoms with E-state index in [0.29, 0.717) is 18.3 Å². The molecule has 1 saturated heterocycles. The third-order valence-electron chi connectivity index (χ3n) is 5.21. The normalized spacial score (nSPS) is 25.8. The van der Waals surface area contributed by atoms with Gasteiger partial charge < -0.3 is 15.2 Å². The van der Waals surface area contributed by atoms with Crippen LogP contribution in [0.1, 0.15) is 37.6 Å². The Bertz CT molecular complexity index is 880. The molecule has 3 aromatic rings. The third-order valence-corrected chi connectivity index (χ3v) is 5.21. The summed E-state index contributed by atoms with van der Waals surface area (Å²) in [4.78, 5) is 4.06. The van der Waals surface area contributed by atoms with E-state index in [2.05, 4.69) is 36.1 Å². The summed E-state index contributed by atoms with van der Waals surface area (Å²) in [6, 6.07) is 14.2. The highest BCUT2D eigenvalue weighted by molar-refractivity contribution is 5.65. The van der Waals surface area contributed by atoms with Crippen LogP contribution >= 0.6 is 0 Å². The molecule has 0 spiro atoms. The molecule has 0 saturated carbocycles. The highest BCUT2D eigenvalue weighted by atomic mass is 16.6. The molecule has 0 radical (unpaired) electrons. The van der Waals surface area contributed by atoms with Crippen LogP contribution in [-0.4, -0.2) is 26.8 Å². The van der Waals surface area contributed by atoms with Crippen molar-refractivity contribution in [3.63, 3.8) is 0 Å². The molecule has 0 aliphatic carbocycles. The Morgan fingerprint density at radius 1 is 1.19 bits per heavy atom. The SMILES string of the molecule is CC[C@H]1O[C@@H](c2ccc3c(N)ncnn23)C(OCc2ccccc2)[C@@H]1C. The summed E-state index contributed by atoms with van der Waals surface area (Å²) in [5, 5.41) is 4.37. The molecule has 4 atom stereocenters. The minimum Gasteiger partial charge on any atom is -0.382 e. The minimum atomic E-state index is -0.185. The second kappa shape index (κ2) is 7.05. The first-order chi connectivity index (χ1) is 12.7. The van der Waals surface area contributed by atoms with Crippen LogP contribution in [0.4, 0.5) is 5.82 Å². The van der Waals surface area contributed by atoms with E-state index in [1.165, 1.54) is 6.33 Å². The predicted octanol–water partition coefficient (Wildman–Crippen LogP) is 3.38. The average Bonchev–Trinajstić information content (AvgIpc) is 3.23. The van der Waals surface area contributed by atoms with Crippen LogP contribution in [0, 0.1) is 5.92 Å². The third kappa shape index (κ3) is 2.95. The quantitative estimate of drug-likeness (QED) is 0.762. The molecule has 6 nitrogen and oxygen atoms in total. The van der Waals surface area contributed by atoms with Gasteiger partial charge in [-0.1, -0.05) is 44.2 Å². The number of ether oxygens (including phenoxy) is 2. The lowest BCUT2D eigenvalue weighted by Gasteiger charge is -2.22. The molecule has 2 N–H and O–H groups in total. The number of nitrogens with two attached hydrogens (primary N) is 1. The molecule has 1 fully saturated rings. The van der Waals surface area contributed by atoms with Crippen molar-refractivity contribution in [2.24, 2.45) is 5.92 Å². The maximum Gasteiger partial charge on any atom is 0.151 e. The largest absolute Gasteiger partial charge is 0.382 e. The van der Waals surface area contributed by atoms with E-state index in [-0.39, 0.29) is 18.3 Å². The van der Waals surface area contributed by atoms with E-state index >= 15 is 0 Å². The van der Waals surface area contributed by atoms with E-state index in [4.69, 9.17) is 15.2 Å². The number of rotatable bonds is 5. The summed E-state index contributed by atoms with van der Waals surface area (Å²) in [5.41, 5.74) is 8.88. The fourth-order valence-corrected chi connectivity index (χ4v) is 3.78. The Morgan fingerprint density at radius 2 is 2.00 bits per heavy atom. The molecule has 1 aliphatic rings. The van der Waals surface area contributed by atoms with Gasteiger partial charge in [0, 0.05) is 5.92 Å². The molecule has 2 aromatic heterocycles. The summed E-state index contributed by atoms with van der Waals surface area (Å²) in [5.74, 6) is 0.754. The molecule has 0 amide bonds. The Kier molecular flexibility index (Phi) is 4.61. The number of anilines is 1. The van der Waals surface area contributed by atoms with E-state index in [1.807, 2.05) is 34.8 Å². The van der Waals surface area contributed by atoms with Gasteiger partial charge in [0.15, 0.2) is 5.82 Å². The topological polar surface area (TPSA) is 74.7 Å². The summed E-state index contributed by atoms with van der Waals surface area (Å²) in [7, 11) is 0. The molecule has 26 heavy (non-hydrogen) atoms. The standard InChI is InChI=1S/C20H24N4O2/c1-3-17-13(2)18(25-11-14-7-5-4-6-8-14)19(26-17)15-9-10-16-20(21)22-12-23-24(15)16/h4-10,12-13,17-19H,3,11H2,1-2H3,(H2,21,22,23)/t13-,17-,18?,19+/m1/s1. The number of hydrogen-bond acceptors (Lipinski definition) is 5. The molecule has 136 valence electrons. The molecule has 0 bridgehead atoms. The molecule has 1 aliphatic heterocycles. The highest BCUT2D eigenvalue weighted by Crippen LogP contribution is 2.41. The first kappa shape index (κ1) is 17.0. The molecule has 6 heteroatoms. The lowest BCUT2D eigenvalue weighted by atomic mass is 9.95. The maximum absolute atomic E-state index is 6.37. The average molecular weight is 352 g/mol. The molecule has 1 unspecified atom stereocenters. The van der Waals surface area contributed by atoms with Crippen molar-refractivity contribution >= 4 is 11.3 Å². The first-order valence-electron chi connectivity index (χ1n) is 9.08. The van der Waals surface area contributed by atoms with Crippen molar-refractivity contribution in [3.8, 4) is 0 Å². The summed E-state index contributed by atoms with van der Waals surface area (Å²) >= 11 is 0. The fourth-order valence-electron chi connectivity index (χ4n) is 3.78. The highest BCUT2D eigenvalue weighted by Gasteiger charge is 2.43. The van der Waals surface area contributed by atoms with Crippen LogP contribution in [-0.2, 0) is 16.1 Å². The van der Waals surface area contributed by atoms with Gasteiger partial charge >= 0.3 is 0 Å². The second-order valence-electron chi connectivity index (χ2n) is 6.82. The van der Waals surface area contributed by atoms with Gasteiger partial charge in [-0.15, -0.1) is 0 Å². The van der Waals surface area contributed by atoms with Crippen LogP contribution in [0.5, 0.6) is 0 Å². The van der Waals surface area contributed by atoms with Gasteiger partial charge in [-0.3, -0.25) is 0 Å². The van der Waals surface area contributed by atoms with E-state index < -0.39 is 0 Å². The fraction of sp³-hybridized carbons (Fsp3) is 0.400. The zero-order chi connectivity index (χ0) is 18.1. The first-order valence-corrected chi connectivity index (χ1v) is 9.08. The van der Waals surface area contributed by atoms with Crippen molar-refractivity contribution in [1.29, 1.82) is 0 Å². The van der Waals surface area contributed by atoms with Gasteiger partial charge in [-0.25, -0.2) is 9.50 Å². The van der Waals surface area contributed by atoms with Gasteiger partial charge in [0.05, 0.1) is 24.5 Å². The Labute approximate surface area is 152 Å². The second-order valence-corrected chi connectivity index (χ2v) is 6.82. The van der Waals surface area contributed by atoms with Crippen LogP contribution in [0.15, 0.2) is 48.8 Å². The number of aromatic nitrogens is 3. The number of benzene rings is 1. The Hall–Kier alpha value is -2.44. The molecule has 1 aromatic carbocycles. The van der Waals surface area contributed by atoms with Crippen molar-refractivity contribution in [2.75, 3.05) is 5.73 Å². The lowest BCUT2D eigenvalue weighted by molar-refractivity contribution is -0.0362. The van der Waals surface area contributed by atoms with Gasteiger partial charge in [-0.2, -0.15) is 5.10 Å². The zero-order valence-electron chi connectivity index (χ0n) is 15.1. The van der Waals surface area contributed by atoms with Crippen molar-refractivity contribution in [2.45, 2.75) is 45.2 Å². The molecule has 3 heterocycles. The summed E-state index contributed by atoms with van der Waals surface area (Å²) < 4.78 is 14.5. The van der Waals surface area contributed by atoms with Gasteiger partial charge in [-0.05, 0) is 24.1 Å². The van der Waals surface area contributed by atoms with Crippen molar-refractivity contribution in [1.82, 2.24) is 14.6 Å². The number of nitrogen functional groups attached to an aromatic ring is 1. The molecular weight excluding hydrogens is 328 g/mol. The van der Waals surface area contributed by atoms with Gasteiger partial charge in [0.1, 0.15) is 17.9 Å². The molecular formula is C20H24N4O2. The van der Waals surface area contributed by atoms with Crippen molar-refractivity contribution < 1.29 is 9.47 Å². The van der Waals surface area contributed by atoms with Gasteiger partial charge in [0.2, 0.25) is 0 Å². The number of nitrogens with zero attached hydrogens (tertiary/aromatic N) is 3. The van der Waals surface area contributed by atoms with Crippen LogP contribution in [0.3, 0.4) is 0 Å². The Morgan fingerprint density at radius 3 is 2.77 bits per heavy atom. The van der Waals surface area contributed by atoms with E-state index in [1.54, 1.807) is 0 Å². The smallest absolute Gasteiger partial charge is 0.151 e. The summed E-state index contributed by atoms with van der Waals surface area (Å²) in [6.45, 7) is 4.91. The van der Waals surface area contributed by atoms with Crippen LogP contribution < -0.4 is 5.73 Å². The maximum atomic E-state index is 6.37. The van der Waals surface area contributed by atoms with Gasteiger partial charge in [0.25, 0.3) is 0 Å². The number of fused-ring (bicyclic) bond motifs is 1.